The van der Waals surface area contributed by atoms with E-state index in [1.807, 2.05) is 13.2 Å². The summed E-state index contributed by atoms with van der Waals surface area (Å²) in [5.41, 5.74) is 2.15. The number of halogens is 1. The average molecular weight is 396 g/mol. The minimum atomic E-state index is -1.06. The first-order chi connectivity index (χ1) is 14.1. The predicted molar refractivity (Wildman–Crippen MR) is 104 cm³/mol. The van der Waals surface area contributed by atoms with Crippen LogP contribution in [0.15, 0.2) is 41.6 Å². The second-order valence-electron chi connectivity index (χ2n) is 7.67. The molecule has 2 aliphatic heterocycles. The Morgan fingerprint density at radius 1 is 1.28 bits per heavy atom. The zero-order valence-corrected chi connectivity index (χ0v) is 15.9. The largest absolute Gasteiger partial charge is 0.470 e. The molecule has 8 nitrogen and oxygen atoms in total. The highest BCUT2D eigenvalue weighted by atomic mass is 19.1. The molecule has 4 atom stereocenters. The molecule has 5 rings (SSSR count). The smallest absolute Gasteiger partial charge is 0.233 e. The molecule has 150 valence electrons. The third kappa shape index (κ3) is 3.42. The number of aryl methyl sites for hydroxylation is 1. The SMILES string of the molecule is Cn1cc(-c2cc(=O)c(-c3ccc(O[C@@H]4C[C@H]5CC[C@H](N5)[C@@H]4F)nn3)c[nH]2)cn1. The lowest BCUT2D eigenvalue weighted by Crippen LogP contribution is -2.51. The van der Waals surface area contributed by atoms with Crippen LogP contribution in [-0.4, -0.2) is 49.3 Å². The third-order valence-electron chi connectivity index (χ3n) is 5.65. The van der Waals surface area contributed by atoms with Crippen molar-refractivity contribution < 1.29 is 9.13 Å². The molecule has 0 aromatic carbocycles. The number of alkyl halides is 1. The van der Waals surface area contributed by atoms with Crippen LogP contribution in [0.1, 0.15) is 19.3 Å². The molecular formula is C20H21FN6O2. The number of hydrogen-bond acceptors (Lipinski definition) is 6. The lowest BCUT2D eigenvalue weighted by molar-refractivity contribution is 0.0422. The van der Waals surface area contributed by atoms with E-state index < -0.39 is 12.3 Å². The zero-order valence-electron chi connectivity index (χ0n) is 15.9. The number of fused-ring (bicyclic) bond motifs is 2. The third-order valence-corrected chi connectivity index (χ3v) is 5.65. The summed E-state index contributed by atoms with van der Waals surface area (Å²) in [6.07, 6.45) is 5.98. The standard InChI is InChI=1S/C20H21FN6O2/c1-27-10-11(8-23-27)16-7-17(28)13(9-22-16)14-4-5-19(26-25-14)29-18-6-12-2-3-15(24-12)20(18)21/h4-5,7-10,12,15,18,20,24H,2-3,6H2,1H3,(H,22,28)/t12-,15+,18-,20+/m1/s1. The Labute approximate surface area is 166 Å². The van der Waals surface area contributed by atoms with Crippen molar-refractivity contribution in [3.8, 4) is 28.4 Å². The van der Waals surface area contributed by atoms with Gasteiger partial charge in [0.05, 0.1) is 23.1 Å². The number of ether oxygens (including phenoxy) is 1. The first kappa shape index (κ1) is 18.0. The van der Waals surface area contributed by atoms with E-state index in [0.717, 1.165) is 18.4 Å². The van der Waals surface area contributed by atoms with Crippen molar-refractivity contribution in [2.45, 2.75) is 43.6 Å². The summed E-state index contributed by atoms with van der Waals surface area (Å²) in [5, 5.41) is 15.5. The highest BCUT2D eigenvalue weighted by Gasteiger charge is 2.43. The number of hydrogen-bond donors (Lipinski definition) is 2. The van der Waals surface area contributed by atoms with E-state index >= 15 is 0 Å². The van der Waals surface area contributed by atoms with Crippen molar-refractivity contribution in [1.82, 2.24) is 30.3 Å². The van der Waals surface area contributed by atoms with Crippen LogP contribution in [-0.2, 0) is 7.05 Å². The maximum absolute atomic E-state index is 14.5. The van der Waals surface area contributed by atoms with Gasteiger partial charge in [-0.05, 0) is 18.9 Å². The molecule has 2 saturated heterocycles. The Kier molecular flexibility index (Phi) is 4.39. The van der Waals surface area contributed by atoms with E-state index in [-0.39, 0.29) is 17.4 Å². The highest BCUT2D eigenvalue weighted by molar-refractivity contribution is 5.63. The van der Waals surface area contributed by atoms with Gasteiger partial charge in [-0.3, -0.25) is 9.48 Å². The molecule has 2 aliphatic rings. The van der Waals surface area contributed by atoms with Gasteiger partial charge >= 0.3 is 0 Å². The molecule has 0 saturated carbocycles. The monoisotopic (exact) mass is 396 g/mol. The van der Waals surface area contributed by atoms with Crippen LogP contribution in [0, 0.1) is 0 Å². The maximum atomic E-state index is 14.5. The van der Waals surface area contributed by atoms with Gasteiger partial charge in [-0.25, -0.2) is 4.39 Å². The highest BCUT2D eigenvalue weighted by Crippen LogP contribution is 2.31. The lowest BCUT2D eigenvalue weighted by Gasteiger charge is -2.32. The fraction of sp³-hybridized carbons (Fsp3) is 0.400. The fourth-order valence-corrected chi connectivity index (χ4v) is 4.15. The average Bonchev–Trinajstić information content (AvgIpc) is 3.33. The van der Waals surface area contributed by atoms with Crippen LogP contribution >= 0.6 is 0 Å². The van der Waals surface area contributed by atoms with Crippen molar-refractivity contribution in [2.75, 3.05) is 0 Å². The number of pyridine rings is 1. The lowest BCUT2D eigenvalue weighted by atomic mass is 10.0. The summed E-state index contributed by atoms with van der Waals surface area (Å²) >= 11 is 0. The number of aromatic nitrogens is 5. The van der Waals surface area contributed by atoms with E-state index in [2.05, 4.69) is 25.6 Å². The minimum absolute atomic E-state index is 0.136. The summed E-state index contributed by atoms with van der Waals surface area (Å²) in [7, 11) is 1.81. The summed E-state index contributed by atoms with van der Waals surface area (Å²) in [4.78, 5) is 15.6. The van der Waals surface area contributed by atoms with Crippen LogP contribution in [0.5, 0.6) is 5.88 Å². The van der Waals surface area contributed by atoms with Gasteiger partial charge in [0, 0.05) is 55.6 Å². The number of H-pyrrole nitrogens is 1. The molecule has 3 aromatic rings. The van der Waals surface area contributed by atoms with E-state index in [1.54, 1.807) is 29.2 Å². The van der Waals surface area contributed by atoms with Crippen molar-refractivity contribution in [3.05, 3.63) is 47.0 Å². The Bertz CT molecular complexity index is 1080. The topological polar surface area (TPSA) is 97.7 Å². The number of aromatic amines is 1. The van der Waals surface area contributed by atoms with Crippen LogP contribution in [0.25, 0.3) is 22.5 Å². The zero-order chi connectivity index (χ0) is 20.0. The number of nitrogens with zero attached hydrogens (tertiary/aromatic N) is 4. The minimum Gasteiger partial charge on any atom is -0.470 e. The van der Waals surface area contributed by atoms with E-state index in [1.165, 1.54) is 6.07 Å². The van der Waals surface area contributed by atoms with E-state index in [9.17, 15) is 9.18 Å². The Hall–Kier alpha value is -3.07. The second-order valence-corrected chi connectivity index (χ2v) is 7.67. The number of rotatable bonds is 4. The first-order valence-corrected chi connectivity index (χ1v) is 9.69. The van der Waals surface area contributed by atoms with E-state index in [0.29, 0.717) is 29.4 Å². The molecule has 0 amide bonds. The van der Waals surface area contributed by atoms with Gasteiger partial charge in [0.25, 0.3) is 0 Å². The first-order valence-electron chi connectivity index (χ1n) is 9.69. The summed E-state index contributed by atoms with van der Waals surface area (Å²) < 4.78 is 21.9. The fourth-order valence-electron chi connectivity index (χ4n) is 4.15. The molecule has 9 heteroatoms. The second kappa shape index (κ2) is 7.07. The van der Waals surface area contributed by atoms with Gasteiger partial charge < -0.3 is 15.0 Å². The molecule has 0 radical (unpaired) electrons. The van der Waals surface area contributed by atoms with Crippen molar-refractivity contribution in [3.63, 3.8) is 0 Å². The van der Waals surface area contributed by atoms with Crippen LogP contribution < -0.4 is 15.5 Å². The van der Waals surface area contributed by atoms with Gasteiger partial charge in [0.1, 0.15) is 6.10 Å². The quantitative estimate of drug-likeness (QED) is 0.698. The van der Waals surface area contributed by atoms with Crippen molar-refractivity contribution in [1.29, 1.82) is 0 Å². The predicted octanol–water partition coefficient (Wildman–Crippen LogP) is 1.84. The van der Waals surface area contributed by atoms with Crippen molar-refractivity contribution >= 4 is 0 Å². The Morgan fingerprint density at radius 3 is 2.90 bits per heavy atom. The molecule has 0 aliphatic carbocycles. The Morgan fingerprint density at radius 2 is 2.17 bits per heavy atom. The molecule has 0 spiro atoms. The van der Waals surface area contributed by atoms with Crippen LogP contribution in [0.4, 0.5) is 4.39 Å². The van der Waals surface area contributed by atoms with Gasteiger partial charge in [0.15, 0.2) is 11.6 Å². The maximum Gasteiger partial charge on any atom is 0.233 e. The normalized spacial score (nSPS) is 25.9. The van der Waals surface area contributed by atoms with Gasteiger partial charge in [-0.15, -0.1) is 10.2 Å². The summed E-state index contributed by atoms with van der Waals surface area (Å²) in [6, 6.07) is 4.98. The van der Waals surface area contributed by atoms with E-state index in [4.69, 9.17) is 4.74 Å². The number of piperidine rings is 1. The van der Waals surface area contributed by atoms with Gasteiger partial charge in [0.2, 0.25) is 5.88 Å². The molecular weight excluding hydrogens is 375 g/mol. The summed E-state index contributed by atoms with van der Waals surface area (Å²) in [5.74, 6) is 0.270. The van der Waals surface area contributed by atoms with Gasteiger partial charge in [-0.2, -0.15) is 5.10 Å². The summed E-state index contributed by atoms with van der Waals surface area (Å²) in [6.45, 7) is 0. The van der Waals surface area contributed by atoms with Gasteiger partial charge in [-0.1, -0.05) is 0 Å². The van der Waals surface area contributed by atoms with Crippen molar-refractivity contribution in [2.24, 2.45) is 7.05 Å². The van der Waals surface area contributed by atoms with Crippen LogP contribution in [0.2, 0.25) is 0 Å². The van der Waals surface area contributed by atoms with Crippen LogP contribution in [0.3, 0.4) is 0 Å². The Balaban J connectivity index is 1.33. The molecule has 0 unspecified atom stereocenters. The molecule has 5 heterocycles. The molecule has 3 aromatic heterocycles. The number of nitrogens with one attached hydrogen (secondary N) is 2. The molecule has 29 heavy (non-hydrogen) atoms. The molecule has 2 bridgehead atoms. The molecule has 2 N–H and O–H groups in total. The molecule has 2 fully saturated rings.